The van der Waals surface area contributed by atoms with Crippen LogP contribution < -0.4 is 5.32 Å². The first-order chi connectivity index (χ1) is 15.9. The number of rotatable bonds is 10. The number of nitrogens with one attached hydrogen (secondary N) is 1. The van der Waals surface area contributed by atoms with Crippen molar-refractivity contribution < 1.29 is 19.1 Å². The standard InChI is InChI=1S/C24H34N4O4S/c1-18(2)22-25-20(17-33-22)15-27(3)24(30)26-21(9-10-28-11-13-31-14-12-28)23(29)32-16-19-7-5-4-6-8-19/h4-8,17-18,21H,9-16H2,1-3H3,(H,26,30). The fourth-order valence-corrected chi connectivity index (χ4v) is 4.28. The van der Waals surface area contributed by atoms with Crippen molar-refractivity contribution in [2.45, 2.75) is 45.4 Å². The molecule has 8 nitrogen and oxygen atoms in total. The van der Waals surface area contributed by atoms with Crippen LogP contribution in [0.15, 0.2) is 35.7 Å². The van der Waals surface area contributed by atoms with Crippen molar-refractivity contribution >= 4 is 23.3 Å². The van der Waals surface area contributed by atoms with Crippen LogP contribution >= 0.6 is 11.3 Å². The molecule has 33 heavy (non-hydrogen) atoms. The second kappa shape index (κ2) is 12.7. The fourth-order valence-electron chi connectivity index (χ4n) is 3.45. The van der Waals surface area contributed by atoms with E-state index >= 15 is 0 Å². The molecule has 1 aliphatic heterocycles. The third-order valence-corrected chi connectivity index (χ3v) is 6.65. The molecule has 2 heterocycles. The highest BCUT2D eigenvalue weighted by Gasteiger charge is 2.25. The van der Waals surface area contributed by atoms with Crippen molar-refractivity contribution in [1.82, 2.24) is 20.1 Å². The topological polar surface area (TPSA) is 84.0 Å². The van der Waals surface area contributed by atoms with Gasteiger partial charge in [-0.05, 0) is 12.0 Å². The Morgan fingerprint density at radius 3 is 2.64 bits per heavy atom. The zero-order valence-corrected chi connectivity index (χ0v) is 20.5. The van der Waals surface area contributed by atoms with Gasteiger partial charge in [-0.3, -0.25) is 4.90 Å². The maximum Gasteiger partial charge on any atom is 0.329 e. The number of aromatic nitrogens is 1. The van der Waals surface area contributed by atoms with Crippen molar-refractivity contribution in [1.29, 1.82) is 0 Å². The minimum atomic E-state index is -0.729. The number of thiazole rings is 1. The molecule has 2 amide bonds. The van der Waals surface area contributed by atoms with Crippen LogP contribution in [-0.2, 0) is 27.4 Å². The summed E-state index contributed by atoms with van der Waals surface area (Å²) in [4.78, 5) is 34.1. The third-order valence-electron chi connectivity index (χ3n) is 5.45. The lowest BCUT2D eigenvalue weighted by Gasteiger charge is -2.28. The van der Waals surface area contributed by atoms with E-state index < -0.39 is 12.0 Å². The number of urea groups is 1. The highest BCUT2D eigenvalue weighted by atomic mass is 32.1. The van der Waals surface area contributed by atoms with Crippen LogP contribution in [0.2, 0.25) is 0 Å². The van der Waals surface area contributed by atoms with E-state index in [2.05, 4.69) is 29.0 Å². The van der Waals surface area contributed by atoms with Gasteiger partial charge in [-0.15, -0.1) is 11.3 Å². The number of amides is 2. The first-order valence-corrected chi connectivity index (χ1v) is 12.3. The molecule has 1 saturated heterocycles. The third kappa shape index (κ3) is 8.10. The van der Waals surface area contributed by atoms with Crippen LogP contribution in [0.3, 0.4) is 0 Å². The Bertz CT molecular complexity index is 884. The lowest BCUT2D eigenvalue weighted by atomic mass is 10.2. The summed E-state index contributed by atoms with van der Waals surface area (Å²) >= 11 is 1.60. The molecule has 0 aliphatic carbocycles. The van der Waals surface area contributed by atoms with E-state index in [0.717, 1.165) is 29.4 Å². The Balaban J connectivity index is 1.58. The maximum atomic E-state index is 12.9. The molecule has 0 radical (unpaired) electrons. The number of nitrogens with zero attached hydrogens (tertiary/aromatic N) is 3. The quantitative estimate of drug-likeness (QED) is 0.532. The molecule has 0 spiro atoms. The number of morpholine rings is 1. The van der Waals surface area contributed by atoms with Gasteiger partial charge in [-0.25, -0.2) is 14.6 Å². The monoisotopic (exact) mass is 474 g/mol. The molecule has 3 rings (SSSR count). The second-order valence-corrected chi connectivity index (χ2v) is 9.42. The fraction of sp³-hybridized carbons (Fsp3) is 0.542. The second-order valence-electron chi connectivity index (χ2n) is 8.53. The van der Waals surface area contributed by atoms with Gasteiger partial charge in [0.1, 0.15) is 12.6 Å². The summed E-state index contributed by atoms with van der Waals surface area (Å²) in [7, 11) is 1.71. The van der Waals surface area contributed by atoms with Crippen molar-refractivity contribution in [2.24, 2.45) is 0 Å². The molecule has 180 valence electrons. The lowest BCUT2D eigenvalue weighted by molar-refractivity contribution is -0.147. The van der Waals surface area contributed by atoms with Gasteiger partial charge in [0.2, 0.25) is 0 Å². The van der Waals surface area contributed by atoms with E-state index in [9.17, 15) is 9.59 Å². The van der Waals surface area contributed by atoms with Gasteiger partial charge in [0.15, 0.2) is 0 Å². The van der Waals surface area contributed by atoms with E-state index in [1.54, 1.807) is 23.3 Å². The molecule has 1 atom stereocenters. The molecule has 1 aromatic heterocycles. The summed E-state index contributed by atoms with van der Waals surface area (Å²) in [6.07, 6.45) is 0.474. The van der Waals surface area contributed by atoms with Crippen LogP contribution in [0, 0.1) is 0 Å². The first kappa shape index (κ1) is 25.1. The highest BCUT2D eigenvalue weighted by molar-refractivity contribution is 7.09. The number of carbonyl (C=O) groups is 2. The Hall–Kier alpha value is -2.49. The van der Waals surface area contributed by atoms with E-state index in [-0.39, 0.29) is 12.6 Å². The van der Waals surface area contributed by atoms with Gasteiger partial charge in [-0.2, -0.15) is 0 Å². The Kier molecular flexibility index (Phi) is 9.65. The Labute approximate surface area is 199 Å². The van der Waals surface area contributed by atoms with Gasteiger partial charge >= 0.3 is 12.0 Å². The molecular weight excluding hydrogens is 440 g/mol. The van der Waals surface area contributed by atoms with Crippen LogP contribution in [0.4, 0.5) is 4.79 Å². The molecule has 1 unspecified atom stereocenters. The number of benzene rings is 1. The lowest BCUT2D eigenvalue weighted by Crippen LogP contribution is -2.49. The Morgan fingerprint density at radius 1 is 1.24 bits per heavy atom. The predicted molar refractivity (Wildman–Crippen MR) is 128 cm³/mol. The molecule has 1 aromatic carbocycles. The molecule has 0 saturated carbocycles. The van der Waals surface area contributed by atoms with Gasteiger partial charge in [-0.1, -0.05) is 44.2 Å². The number of carbonyl (C=O) groups excluding carboxylic acids is 2. The molecule has 1 aliphatic rings. The summed E-state index contributed by atoms with van der Waals surface area (Å²) < 4.78 is 10.9. The summed E-state index contributed by atoms with van der Waals surface area (Å²) in [6, 6.07) is 8.48. The van der Waals surface area contributed by atoms with Crippen molar-refractivity contribution in [3.63, 3.8) is 0 Å². The van der Waals surface area contributed by atoms with Gasteiger partial charge in [0.25, 0.3) is 0 Å². The van der Waals surface area contributed by atoms with Crippen LogP contribution in [0.25, 0.3) is 0 Å². The summed E-state index contributed by atoms with van der Waals surface area (Å²) in [5.41, 5.74) is 1.75. The maximum absolute atomic E-state index is 12.9. The normalized spacial score (nSPS) is 15.3. The van der Waals surface area contributed by atoms with Crippen molar-refractivity contribution in [3.05, 3.63) is 52.0 Å². The smallest absolute Gasteiger partial charge is 0.329 e. The molecule has 9 heteroatoms. The number of ether oxygens (including phenoxy) is 2. The zero-order chi connectivity index (χ0) is 23.6. The summed E-state index contributed by atoms with van der Waals surface area (Å²) in [5.74, 6) is -0.0727. The van der Waals surface area contributed by atoms with Gasteiger partial charge in [0.05, 0.1) is 30.5 Å². The van der Waals surface area contributed by atoms with Crippen LogP contribution in [0.5, 0.6) is 0 Å². The highest BCUT2D eigenvalue weighted by Crippen LogP contribution is 2.19. The zero-order valence-electron chi connectivity index (χ0n) is 19.7. The Morgan fingerprint density at radius 2 is 1.97 bits per heavy atom. The van der Waals surface area contributed by atoms with Crippen molar-refractivity contribution in [2.75, 3.05) is 39.9 Å². The van der Waals surface area contributed by atoms with Crippen molar-refractivity contribution in [3.8, 4) is 0 Å². The van der Waals surface area contributed by atoms with E-state index in [4.69, 9.17) is 9.47 Å². The van der Waals surface area contributed by atoms with Crippen LogP contribution in [0.1, 0.15) is 42.5 Å². The first-order valence-electron chi connectivity index (χ1n) is 11.4. The van der Waals surface area contributed by atoms with E-state index in [0.29, 0.717) is 38.6 Å². The molecule has 0 bridgehead atoms. The number of hydrogen-bond donors (Lipinski definition) is 1. The summed E-state index contributed by atoms with van der Waals surface area (Å²) in [6.45, 7) is 8.44. The molecule has 2 aromatic rings. The minimum Gasteiger partial charge on any atom is -0.459 e. The molecule has 1 fully saturated rings. The minimum absolute atomic E-state index is 0.177. The molecular formula is C24H34N4O4S. The predicted octanol–water partition coefficient (Wildman–Crippen LogP) is 3.24. The van der Waals surface area contributed by atoms with Gasteiger partial charge in [0, 0.05) is 38.0 Å². The average Bonchev–Trinajstić information content (AvgIpc) is 3.30. The van der Waals surface area contributed by atoms with E-state index in [1.807, 2.05) is 35.7 Å². The SMILES string of the molecule is CC(C)c1nc(CN(C)C(=O)NC(CCN2CCOCC2)C(=O)OCc2ccccc2)cs1. The van der Waals surface area contributed by atoms with Crippen LogP contribution in [-0.4, -0.2) is 72.7 Å². The number of hydrogen-bond acceptors (Lipinski definition) is 7. The van der Waals surface area contributed by atoms with Gasteiger partial charge < -0.3 is 19.7 Å². The largest absolute Gasteiger partial charge is 0.459 e. The van der Waals surface area contributed by atoms with E-state index in [1.165, 1.54) is 0 Å². The summed E-state index contributed by atoms with van der Waals surface area (Å²) in [5, 5.41) is 5.90. The number of esters is 1. The molecule has 1 N–H and O–H groups in total. The average molecular weight is 475 g/mol.